The summed E-state index contributed by atoms with van der Waals surface area (Å²) in [7, 11) is -4.51. The van der Waals surface area contributed by atoms with Gasteiger partial charge < -0.3 is 15.6 Å². The number of carbonyl (C=O) groups excluding carboxylic acids is 1. The summed E-state index contributed by atoms with van der Waals surface area (Å²) in [6.45, 7) is 0.917. The van der Waals surface area contributed by atoms with Gasteiger partial charge in [-0.1, -0.05) is 11.6 Å². The van der Waals surface area contributed by atoms with Gasteiger partial charge in [-0.05, 0) is 24.6 Å². The third-order valence-corrected chi connectivity index (χ3v) is 3.79. The highest BCUT2D eigenvalue weighted by Crippen LogP contribution is 2.28. The Morgan fingerprint density at radius 3 is 2.55 bits per heavy atom. The van der Waals surface area contributed by atoms with E-state index in [2.05, 4.69) is 10.1 Å². The van der Waals surface area contributed by atoms with Crippen LogP contribution in [0, 0.1) is 6.92 Å². The van der Waals surface area contributed by atoms with Crippen molar-refractivity contribution in [2.45, 2.75) is 17.9 Å². The maximum absolute atomic E-state index is 11.5. The number of carbonyl (C=O) groups is 2. The molecule has 0 bridgehead atoms. The molecule has 0 saturated carbocycles. The molecule has 11 heteroatoms. The van der Waals surface area contributed by atoms with E-state index in [9.17, 15) is 18.0 Å². The molecule has 0 heterocycles. The molecule has 1 aromatic carbocycles. The minimum atomic E-state index is -4.51. The average Bonchev–Trinajstić information content (AvgIpc) is 2.39. The second-order valence-corrected chi connectivity index (χ2v) is 6.05. The van der Waals surface area contributed by atoms with E-state index in [1.807, 2.05) is 0 Å². The van der Waals surface area contributed by atoms with Crippen LogP contribution in [0.2, 0.25) is 5.02 Å². The van der Waals surface area contributed by atoms with Gasteiger partial charge >= 0.3 is 12.1 Å². The molecule has 0 radical (unpaired) electrons. The quantitative estimate of drug-likeness (QED) is 0.568. The number of hydrogen-bond acceptors (Lipinski definition) is 6. The number of rotatable bonds is 5. The molecular weight excluding hydrogens is 340 g/mol. The van der Waals surface area contributed by atoms with Gasteiger partial charge in [-0.15, -0.1) is 0 Å². The first-order valence-electron chi connectivity index (χ1n) is 5.72. The Bertz CT molecular complexity index is 705. The number of aliphatic carboxylic acids is 1. The number of nitrogens with two attached hydrogens (primary N) is 1. The Labute approximate surface area is 130 Å². The second kappa shape index (κ2) is 6.92. The first kappa shape index (κ1) is 18.2. The van der Waals surface area contributed by atoms with Crippen LogP contribution in [-0.2, 0) is 19.6 Å². The minimum Gasteiger partial charge on any atom is -0.480 e. The Morgan fingerprint density at radius 2 is 2.05 bits per heavy atom. The zero-order valence-corrected chi connectivity index (χ0v) is 12.8. The maximum atomic E-state index is 11.5. The van der Waals surface area contributed by atoms with Gasteiger partial charge in [0.05, 0.1) is 4.90 Å². The van der Waals surface area contributed by atoms with Crippen molar-refractivity contribution in [3.05, 3.63) is 22.7 Å². The van der Waals surface area contributed by atoms with E-state index in [0.717, 1.165) is 12.1 Å². The van der Waals surface area contributed by atoms with Crippen molar-refractivity contribution in [2.24, 2.45) is 5.73 Å². The molecule has 0 aliphatic rings. The van der Waals surface area contributed by atoms with Crippen LogP contribution in [0.1, 0.15) is 5.56 Å². The first-order valence-corrected chi connectivity index (χ1v) is 7.54. The van der Waals surface area contributed by atoms with Crippen molar-refractivity contribution in [3.63, 3.8) is 0 Å². The largest absolute Gasteiger partial charge is 0.480 e. The number of benzene rings is 1. The summed E-state index contributed by atoms with van der Waals surface area (Å²) < 4.78 is 35.8. The van der Waals surface area contributed by atoms with Gasteiger partial charge in [0.15, 0.2) is 0 Å². The predicted octanol–water partition coefficient (Wildman–Crippen LogP) is 0.856. The lowest BCUT2D eigenvalue weighted by Crippen LogP contribution is -2.36. The van der Waals surface area contributed by atoms with Crippen LogP contribution >= 0.6 is 11.6 Å². The molecule has 0 unspecified atom stereocenters. The smallest absolute Gasteiger partial charge is 0.411 e. The molecule has 5 N–H and O–H groups in total. The molecule has 0 aromatic heterocycles. The molecule has 1 aromatic rings. The fraction of sp³-hybridized carbons (Fsp3) is 0.273. The van der Waals surface area contributed by atoms with E-state index in [4.69, 9.17) is 27.0 Å². The highest BCUT2D eigenvalue weighted by Gasteiger charge is 2.18. The van der Waals surface area contributed by atoms with Gasteiger partial charge in [-0.3, -0.25) is 14.7 Å². The molecular formula is C11H13ClN2O7S. The number of carboxylic acids is 1. The molecule has 0 saturated heterocycles. The standard InChI is InChI=1S/C11H13ClN2O7S/c1-5-7(12)2-6(22(18,19)20)3-9(5)14-11(17)21-4-8(13)10(15)16/h2-3,8H,4,13H2,1H3,(H,14,17)(H,15,16)(H,18,19,20)/t8-/m0/s1. The second-order valence-electron chi connectivity index (χ2n) is 4.22. The fourth-order valence-corrected chi connectivity index (χ4v) is 2.13. The Morgan fingerprint density at radius 1 is 1.45 bits per heavy atom. The van der Waals surface area contributed by atoms with Gasteiger partial charge in [0.25, 0.3) is 10.1 Å². The normalized spacial score (nSPS) is 12.5. The van der Waals surface area contributed by atoms with Gasteiger partial charge in [-0.25, -0.2) is 4.79 Å². The predicted molar refractivity (Wildman–Crippen MR) is 76.6 cm³/mol. The zero-order chi connectivity index (χ0) is 17.1. The summed E-state index contributed by atoms with van der Waals surface area (Å²) in [5, 5.41) is 10.7. The van der Waals surface area contributed by atoms with Crippen LogP contribution in [-0.4, -0.2) is 42.8 Å². The summed E-state index contributed by atoms with van der Waals surface area (Å²) in [4.78, 5) is 21.5. The van der Waals surface area contributed by atoms with E-state index in [-0.39, 0.29) is 10.7 Å². The fourth-order valence-electron chi connectivity index (χ4n) is 1.32. The SMILES string of the molecule is Cc1c(Cl)cc(S(=O)(=O)O)cc1NC(=O)OC[C@H](N)C(=O)O. The molecule has 1 rings (SSSR count). The molecule has 1 atom stereocenters. The van der Waals surface area contributed by atoms with Crippen LogP contribution in [0.25, 0.3) is 0 Å². The lowest BCUT2D eigenvalue weighted by atomic mass is 10.2. The van der Waals surface area contributed by atoms with Crippen LogP contribution in [0.15, 0.2) is 17.0 Å². The molecule has 0 aliphatic carbocycles. The summed E-state index contributed by atoms with van der Waals surface area (Å²) in [5.74, 6) is -1.35. The molecule has 22 heavy (non-hydrogen) atoms. The number of amides is 1. The molecule has 1 amide bonds. The van der Waals surface area contributed by atoms with Crippen LogP contribution in [0.5, 0.6) is 0 Å². The Balaban J connectivity index is 2.91. The van der Waals surface area contributed by atoms with E-state index < -0.39 is 39.7 Å². The summed E-state index contributed by atoms with van der Waals surface area (Å²) >= 11 is 5.81. The maximum Gasteiger partial charge on any atom is 0.411 e. The Hall–Kier alpha value is -1.88. The number of hydrogen-bond donors (Lipinski definition) is 4. The third-order valence-electron chi connectivity index (χ3n) is 2.56. The first-order chi connectivity index (χ1) is 10.0. The van der Waals surface area contributed by atoms with Crippen molar-refractivity contribution in [3.8, 4) is 0 Å². The lowest BCUT2D eigenvalue weighted by Gasteiger charge is -2.12. The molecule has 0 spiro atoms. The molecule has 122 valence electrons. The molecule has 9 nitrogen and oxygen atoms in total. The highest BCUT2D eigenvalue weighted by molar-refractivity contribution is 7.85. The van der Waals surface area contributed by atoms with Crippen molar-refractivity contribution in [1.82, 2.24) is 0 Å². The van der Waals surface area contributed by atoms with Crippen molar-refractivity contribution >= 4 is 39.5 Å². The topological polar surface area (TPSA) is 156 Å². The summed E-state index contributed by atoms with van der Waals surface area (Å²) in [6.07, 6.45) is -1.05. The van der Waals surface area contributed by atoms with Gasteiger partial charge in [0, 0.05) is 10.7 Å². The Kier molecular flexibility index (Phi) is 5.72. The highest BCUT2D eigenvalue weighted by atomic mass is 35.5. The third kappa shape index (κ3) is 4.84. The number of ether oxygens (including phenoxy) is 1. The number of anilines is 1. The molecule has 0 aliphatic heterocycles. The van der Waals surface area contributed by atoms with E-state index in [0.29, 0.717) is 5.56 Å². The van der Waals surface area contributed by atoms with E-state index in [1.165, 1.54) is 6.92 Å². The van der Waals surface area contributed by atoms with Gasteiger partial charge in [-0.2, -0.15) is 8.42 Å². The van der Waals surface area contributed by atoms with Crippen molar-refractivity contribution in [2.75, 3.05) is 11.9 Å². The monoisotopic (exact) mass is 352 g/mol. The summed E-state index contributed by atoms with van der Waals surface area (Å²) in [6, 6.07) is 0.609. The van der Waals surface area contributed by atoms with Gasteiger partial charge in [0.2, 0.25) is 0 Å². The molecule has 0 fully saturated rings. The van der Waals surface area contributed by atoms with E-state index >= 15 is 0 Å². The number of halogens is 1. The average molecular weight is 353 g/mol. The van der Waals surface area contributed by atoms with Crippen LogP contribution in [0.4, 0.5) is 10.5 Å². The minimum absolute atomic E-state index is 0.00679. The van der Waals surface area contributed by atoms with Crippen LogP contribution in [0.3, 0.4) is 0 Å². The van der Waals surface area contributed by atoms with Gasteiger partial charge in [0.1, 0.15) is 12.6 Å². The number of nitrogens with one attached hydrogen (secondary N) is 1. The number of carboxylic acid groups (broad SMARTS) is 1. The summed E-state index contributed by atoms with van der Waals surface area (Å²) in [5.41, 5.74) is 5.46. The lowest BCUT2D eigenvalue weighted by molar-refractivity contribution is -0.139. The van der Waals surface area contributed by atoms with Crippen molar-refractivity contribution < 1.29 is 32.4 Å². The van der Waals surface area contributed by atoms with E-state index in [1.54, 1.807) is 0 Å². The zero-order valence-electron chi connectivity index (χ0n) is 11.2. The van der Waals surface area contributed by atoms with Crippen molar-refractivity contribution in [1.29, 1.82) is 0 Å². The van der Waals surface area contributed by atoms with Crippen LogP contribution < -0.4 is 11.1 Å².